The molecule has 8 heteroatoms. The summed E-state index contributed by atoms with van der Waals surface area (Å²) < 4.78 is 11.3. The highest BCUT2D eigenvalue weighted by Crippen LogP contribution is 2.33. The number of aromatic nitrogens is 2. The maximum Gasteiger partial charge on any atom is 0.162 e. The molecule has 0 spiro atoms. The van der Waals surface area contributed by atoms with Crippen LogP contribution in [0.2, 0.25) is 0 Å². The Morgan fingerprint density at radius 1 is 1.18 bits per heavy atom. The van der Waals surface area contributed by atoms with Crippen LogP contribution < -0.4 is 15.4 Å². The second-order valence-electron chi connectivity index (χ2n) is 9.01. The second kappa shape index (κ2) is 11.1. The lowest BCUT2D eigenvalue weighted by Gasteiger charge is -2.25. The fourth-order valence-electron chi connectivity index (χ4n) is 4.35. The van der Waals surface area contributed by atoms with Gasteiger partial charge in [0.25, 0.3) is 0 Å². The van der Waals surface area contributed by atoms with Crippen molar-refractivity contribution < 1.29 is 14.6 Å². The molecule has 1 aromatic carbocycles. The number of ether oxygens (including phenoxy) is 2. The fraction of sp³-hybridized carbons (Fsp3) is 0.500. The van der Waals surface area contributed by atoms with Gasteiger partial charge in [-0.1, -0.05) is 12.1 Å². The molecule has 2 aliphatic heterocycles. The van der Waals surface area contributed by atoms with Gasteiger partial charge in [0, 0.05) is 48.2 Å². The van der Waals surface area contributed by atoms with E-state index >= 15 is 0 Å². The van der Waals surface area contributed by atoms with Crippen molar-refractivity contribution in [1.29, 1.82) is 0 Å². The standard InChI is InChI=1S/C26H35N5O3/c1-16-13-28-18(3)23(16)24-17(2)25(29-20-8-10-33-11-9-20)31-26(30-24)19-6-5-7-22(12-19)34-15-21(32)14-27-4/h5-7,12,20-21,27,32H,8-11,13-15H2,1-4H3,(H,29,30,31). The van der Waals surface area contributed by atoms with Crippen molar-refractivity contribution in [2.75, 3.05) is 45.3 Å². The second-order valence-corrected chi connectivity index (χ2v) is 9.01. The SMILES string of the molecule is CNCC(O)COc1cccc(-c2nc(NC3CCOCC3)c(C)c(C3=C(C)CN=C3C)n2)c1. The molecule has 0 aliphatic carbocycles. The molecule has 1 atom stereocenters. The van der Waals surface area contributed by atoms with Crippen LogP contribution in [-0.2, 0) is 4.74 Å². The summed E-state index contributed by atoms with van der Waals surface area (Å²) in [4.78, 5) is 14.6. The Labute approximate surface area is 201 Å². The first-order valence-electron chi connectivity index (χ1n) is 12.0. The molecule has 0 amide bonds. The summed E-state index contributed by atoms with van der Waals surface area (Å²) >= 11 is 0. The maximum absolute atomic E-state index is 9.98. The van der Waals surface area contributed by atoms with Crippen LogP contribution in [-0.4, -0.2) is 72.9 Å². The predicted molar refractivity (Wildman–Crippen MR) is 136 cm³/mol. The van der Waals surface area contributed by atoms with Crippen molar-refractivity contribution >= 4 is 17.1 Å². The minimum absolute atomic E-state index is 0.211. The van der Waals surface area contributed by atoms with E-state index in [4.69, 9.17) is 19.4 Å². The summed E-state index contributed by atoms with van der Waals surface area (Å²) in [7, 11) is 1.80. The number of anilines is 1. The predicted octanol–water partition coefficient (Wildman–Crippen LogP) is 3.25. The van der Waals surface area contributed by atoms with Crippen LogP contribution in [0.3, 0.4) is 0 Å². The van der Waals surface area contributed by atoms with Gasteiger partial charge in [-0.3, -0.25) is 4.99 Å². The lowest BCUT2D eigenvalue weighted by molar-refractivity contribution is 0.0903. The fourth-order valence-corrected chi connectivity index (χ4v) is 4.35. The summed E-state index contributed by atoms with van der Waals surface area (Å²) in [6.07, 6.45) is 1.33. The zero-order valence-electron chi connectivity index (χ0n) is 20.5. The van der Waals surface area contributed by atoms with Crippen LogP contribution >= 0.6 is 0 Å². The number of nitrogens with zero attached hydrogens (tertiary/aromatic N) is 3. The molecule has 34 heavy (non-hydrogen) atoms. The molecule has 1 unspecified atom stereocenters. The van der Waals surface area contributed by atoms with Crippen LogP contribution in [0.15, 0.2) is 34.8 Å². The molecule has 1 fully saturated rings. The number of benzene rings is 1. The van der Waals surface area contributed by atoms with Gasteiger partial charge in [-0.25, -0.2) is 9.97 Å². The van der Waals surface area contributed by atoms with E-state index < -0.39 is 6.10 Å². The average molecular weight is 466 g/mol. The number of aliphatic hydroxyl groups excluding tert-OH is 1. The van der Waals surface area contributed by atoms with E-state index in [1.165, 1.54) is 5.57 Å². The highest BCUT2D eigenvalue weighted by atomic mass is 16.5. The molecule has 1 saturated heterocycles. The first-order valence-corrected chi connectivity index (χ1v) is 12.0. The average Bonchev–Trinajstić information content (AvgIpc) is 3.18. The molecule has 8 nitrogen and oxygen atoms in total. The minimum Gasteiger partial charge on any atom is -0.491 e. The molecule has 182 valence electrons. The molecule has 2 aromatic rings. The Morgan fingerprint density at radius 3 is 2.68 bits per heavy atom. The van der Waals surface area contributed by atoms with Gasteiger partial charge in [0.1, 0.15) is 24.3 Å². The molecule has 1 aromatic heterocycles. The Balaban J connectivity index is 1.70. The van der Waals surface area contributed by atoms with Gasteiger partial charge in [-0.2, -0.15) is 0 Å². The maximum atomic E-state index is 9.98. The first-order chi connectivity index (χ1) is 16.5. The number of allylic oxidation sites excluding steroid dienone is 1. The normalized spacial score (nSPS) is 17.6. The van der Waals surface area contributed by atoms with E-state index in [1.54, 1.807) is 7.05 Å². The van der Waals surface area contributed by atoms with Crippen LogP contribution in [0.1, 0.15) is 37.9 Å². The van der Waals surface area contributed by atoms with Crippen LogP contribution in [0.4, 0.5) is 5.82 Å². The van der Waals surface area contributed by atoms with Crippen molar-refractivity contribution in [2.24, 2.45) is 4.99 Å². The molecule has 4 rings (SSSR count). The Bertz CT molecular complexity index is 1080. The van der Waals surface area contributed by atoms with Gasteiger partial charge in [-0.15, -0.1) is 0 Å². The topological polar surface area (TPSA) is 101 Å². The number of likely N-dealkylation sites (N-methyl/N-ethyl adjacent to an activating group) is 1. The van der Waals surface area contributed by atoms with Crippen LogP contribution in [0.25, 0.3) is 17.0 Å². The monoisotopic (exact) mass is 465 g/mol. The Hall–Kier alpha value is -2.81. The van der Waals surface area contributed by atoms with Crippen molar-refractivity contribution in [2.45, 2.75) is 45.8 Å². The van der Waals surface area contributed by atoms with Gasteiger partial charge in [-0.05, 0) is 58.4 Å². The summed E-state index contributed by atoms with van der Waals surface area (Å²) in [6.45, 7) is 9.16. The van der Waals surface area contributed by atoms with Crippen molar-refractivity contribution in [1.82, 2.24) is 15.3 Å². The zero-order chi connectivity index (χ0) is 24.1. The smallest absolute Gasteiger partial charge is 0.162 e. The van der Waals surface area contributed by atoms with Gasteiger partial charge in [0.2, 0.25) is 0 Å². The molecular weight excluding hydrogens is 430 g/mol. The molecule has 3 N–H and O–H groups in total. The summed E-state index contributed by atoms with van der Waals surface area (Å²) in [5.41, 5.74) is 6.16. The van der Waals surface area contributed by atoms with E-state index in [0.717, 1.165) is 60.0 Å². The van der Waals surface area contributed by atoms with E-state index in [1.807, 2.05) is 31.2 Å². The number of nitrogens with one attached hydrogen (secondary N) is 2. The van der Waals surface area contributed by atoms with Crippen molar-refractivity contribution in [3.05, 3.63) is 41.1 Å². The van der Waals surface area contributed by atoms with Gasteiger partial charge in [0.15, 0.2) is 5.82 Å². The lowest BCUT2D eigenvalue weighted by atomic mass is 9.99. The third kappa shape index (κ3) is 5.63. The number of aliphatic hydroxyl groups is 1. The number of hydrogen-bond donors (Lipinski definition) is 3. The summed E-state index contributed by atoms with van der Waals surface area (Å²) in [6, 6.07) is 8.04. The third-order valence-electron chi connectivity index (χ3n) is 6.26. The third-order valence-corrected chi connectivity index (χ3v) is 6.26. The lowest BCUT2D eigenvalue weighted by Crippen LogP contribution is -2.29. The molecule has 2 aliphatic rings. The largest absolute Gasteiger partial charge is 0.491 e. The molecular formula is C26H35N5O3. The van der Waals surface area contributed by atoms with Gasteiger partial charge < -0.3 is 25.2 Å². The van der Waals surface area contributed by atoms with Crippen LogP contribution in [0, 0.1) is 6.92 Å². The van der Waals surface area contributed by atoms with E-state index in [2.05, 4.69) is 29.5 Å². The van der Waals surface area contributed by atoms with Crippen LogP contribution in [0.5, 0.6) is 5.75 Å². The molecule has 3 heterocycles. The molecule has 0 radical (unpaired) electrons. The summed E-state index contributed by atoms with van der Waals surface area (Å²) in [5.74, 6) is 2.16. The van der Waals surface area contributed by atoms with Crippen molar-refractivity contribution in [3.8, 4) is 17.1 Å². The van der Waals surface area contributed by atoms with E-state index in [9.17, 15) is 5.11 Å². The van der Waals surface area contributed by atoms with Gasteiger partial charge in [0.05, 0.1) is 12.2 Å². The number of aliphatic imine (C=N–C) groups is 1. The van der Waals surface area contributed by atoms with Crippen molar-refractivity contribution in [3.63, 3.8) is 0 Å². The Kier molecular flexibility index (Phi) is 7.92. The highest BCUT2D eigenvalue weighted by molar-refractivity contribution is 6.25. The Morgan fingerprint density at radius 2 is 1.97 bits per heavy atom. The number of rotatable bonds is 9. The van der Waals surface area contributed by atoms with Gasteiger partial charge >= 0.3 is 0 Å². The first kappa shape index (κ1) is 24.3. The van der Waals surface area contributed by atoms with E-state index in [-0.39, 0.29) is 6.61 Å². The number of hydrogen-bond acceptors (Lipinski definition) is 8. The zero-order valence-corrected chi connectivity index (χ0v) is 20.5. The van der Waals surface area contributed by atoms with E-state index in [0.29, 0.717) is 30.7 Å². The molecule has 0 saturated carbocycles. The molecule has 0 bridgehead atoms. The highest BCUT2D eigenvalue weighted by Gasteiger charge is 2.23. The minimum atomic E-state index is -0.578. The quantitative estimate of drug-likeness (QED) is 0.523. The summed E-state index contributed by atoms with van der Waals surface area (Å²) in [5, 5.41) is 16.6.